The maximum absolute atomic E-state index is 12.2. The van der Waals surface area contributed by atoms with Crippen LogP contribution in [0.1, 0.15) is 24.5 Å². The number of nitrogens with one attached hydrogen (secondary N) is 1. The number of aryl methyl sites for hydroxylation is 2. The summed E-state index contributed by atoms with van der Waals surface area (Å²) < 4.78 is 26.9. The van der Waals surface area contributed by atoms with Gasteiger partial charge in [-0.25, -0.2) is 13.1 Å². The predicted molar refractivity (Wildman–Crippen MR) is 79.0 cm³/mol. The van der Waals surface area contributed by atoms with Crippen LogP contribution in [-0.2, 0) is 14.8 Å². The Labute approximate surface area is 121 Å². The maximum atomic E-state index is 12.2. The molecule has 0 fully saturated rings. The fraction of sp³-hybridized carbons (Fsp3) is 0.500. The minimum absolute atomic E-state index is 0.0730. The van der Waals surface area contributed by atoms with E-state index < -0.39 is 10.0 Å². The molecule has 6 heteroatoms. The van der Waals surface area contributed by atoms with Gasteiger partial charge in [-0.3, -0.25) is 4.79 Å². The molecule has 0 atom stereocenters. The van der Waals surface area contributed by atoms with Crippen LogP contribution in [-0.4, -0.2) is 39.4 Å². The monoisotopic (exact) mass is 298 g/mol. The normalized spacial score (nSPS) is 11.4. The van der Waals surface area contributed by atoms with E-state index in [4.69, 9.17) is 0 Å². The van der Waals surface area contributed by atoms with Crippen LogP contribution in [0.2, 0.25) is 0 Å². The van der Waals surface area contributed by atoms with Crippen LogP contribution in [0.5, 0.6) is 0 Å². The highest BCUT2D eigenvalue weighted by Crippen LogP contribution is 2.16. The van der Waals surface area contributed by atoms with Gasteiger partial charge in [0, 0.05) is 26.6 Å². The summed E-state index contributed by atoms with van der Waals surface area (Å²) in [4.78, 5) is 13.4. The Balaban J connectivity index is 2.72. The Kier molecular flexibility index (Phi) is 5.71. The molecular formula is C14H22N2O3S. The van der Waals surface area contributed by atoms with E-state index >= 15 is 0 Å². The Bertz CT molecular complexity index is 582. The van der Waals surface area contributed by atoms with Gasteiger partial charge in [0.1, 0.15) is 0 Å². The van der Waals surface area contributed by atoms with Gasteiger partial charge in [0.2, 0.25) is 15.9 Å². The first-order chi connectivity index (χ1) is 9.27. The summed E-state index contributed by atoms with van der Waals surface area (Å²) in [6.45, 7) is 6.20. The topological polar surface area (TPSA) is 66.5 Å². The first-order valence-corrected chi connectivity index (χ1v) is 8.07. The molecule has 0 aromatic heterocycles. The maximum Gasteiger partial charge on any atom is 0.240 e. The highest BCUT2D eigenvalue weighted by Gasteiger charge is 2.17. The summed E-state index contributed by atoms with van der Waals surface area (Å²) in [5.74, 6) is -0.0730. The van der Waals surface area contributed by atoms with Crippen molar-refractivity contribution in [3.63, 3.8) is 0 Å². The number of carbonyl (C=O) groups is 1. The van der Waals surface area contributed by atoms with Crippen LogP contribution in [0.15, 0.2) is 23.1 Å². The average Bonchev–Trinajstić information content (AvgIpc) is 2.40. The lowest BCUT2D eigenvalue weighted by atomic mass is 10.2. The lowest BCUT2D eigenvalue weighted by molar-refractivity contribution is -0.129. The number of benzene rings is 1. The van der Waals surface area contributed by atoms with Gasteiger partial charge in [-0.05, 0) is 38.0 Å². The van der Waals surface area contributed by atoms with E-state index in [0.29, 0.717) is 12.1 Å². The number of hydrogen-bond acceptors (Lipinski definition) is 3. The molecule has 0 unspecified atom stereocenters. The molecule has 0 spiro atoms. The zero-order valence-electron chi connectivity index (χ0n) is 12.4. The Morgan fingerprint density at radius 1 is 1.30 bits per heavy atom. The zero-order valence-corrected chi connectivity index (χ0v) is 13.3. The van der Waals surface area contributed by atoms with Crippen LogP contribution in [0.3, 0.4) is 0 Å². The van der Waals surface area contributed by atoms with E-state index in [2.05, 4.69) is 4.72 Å². The molecule has 0 aliphatic rings. The molecule has 0 radical (unpaired) electrons. The summed E-state index contributed by atoms with van der Waals surface area (Å²) in [5, 5.41) is 0. The summed E-state index contributed by atoms with van der Waals surface area (Å²) in [6, 6.07) is 5.28. The van der Waals surface area contributed by atoms with Gasteiger partial charge in [-0.2, -0.15) is 0 Å². The minimum atomic E-state index is -3.56. The first kappa shape index (κ1) is 16.7. The highest BCUT2D eigenvalue weighted by molar-refractivity contribution is 7.89. The molecule has 0 saturated heterocycles. The van der Waals surface area contributed by atoms with Crippen molar-refractivity contribution < 1.29 is 13.2 Å². The SMILES string of the molecule is CCN(C)C(=O)CCNS(=O)(=O)c1cc(C)ccc1C. The molecule has 1 amide bonds. The summed E-state index contributed by atoms with van der Waals surface area (Å²) in [7, 11) is -1.87. The fourth-order valence-electron chi connectivity index (χ4n) is 1.73. The standard InChI is InChI=1S/C14H22N2O3S/c1-5-16(4)14(17)8-9-15-20(18,19)13-10-11(2)6-7-12(13)3/h6-7,10,15H,5,8-9H2,1-4H3. The molecule has 1 aromatic rings. The van der Waals surface area contributed by atoms with Gasteiger partial charge < -0.3 is 4.90 Å². The van der Waals surface area contributed by atoms with Crippen molar-refractivity contribution >= 4 is 15.9 Å². The van der Waals surface area contributed by atoms with Crippen molar-refractivity contribution in [3.05, 3.63) is 29.3 Å². The molecule has 20 heavy (non-hydrogen) atoms. The van der Waals surface area contributed by atoms with Crippen molar-refractivity contribution in [3.8, 4) is 0 Å². The van der Waals surface area contributed by atoms with Crippen LogP contribution >= 0.6 is 0 Å². The highest BCUT2D eigenvalue weighted by atomic mass is 32.2. The molecule has 0 aliphatic carbocycles. The van der Waals surface area contributed by atoms with E-state index in [9.17, 15) is 13.2 Å². The smallest absolute Gasteiger partial charge is 0.240 e. The third-order valence-electron chi connectivity index (χ3n) is 3.16. The molecule has 0 saturated carbocycles. The Morgan fingerprint density at radius 2 is 1.95 bits per heavy atom. The third-order valence-corrected chi connectivity index (χ3v) is 4.77. The number of amides is 1. The van der Waals surface area contributed by atoms with Gasteiger partial charge in [0.25, 0.3) is 0 Å². The third kappa shape index (κ3) is 4.31. The van der Waals surface area contributed by atoms with E-state index in [-0.39, 0.29) is 23.8 Å². The fourth-order valence-corrected chi connectivity index (χ4v) is 3.09. The summed E-state index contributed by atoms with van der Waals surface area (Å²) >= 11 is 0. The van der Waals surface area contributed by atoms with E-state index in [1.54, 1.807) is 31.0 Å². The van der Waals surface area contributed by atoms with Crippen molar-refractivity contribution in [2.45, 2.75) is 32.1 Å². The van der Waals surface area contributed by atoms with Crippen LogP contribution in [0, 0.1) is 13.8 Å². The molecule has 1 aromatic carbocycles. The molecule has 0 heterocycles. The van der Waals surface area contributed by atoms with Gasteiger partial charge in [0.15, 0.2) is 0 Å². The Morgan fingerprint density at radius 3 is 2.55 bits per heavy atom. The van der Waals surface area contributed by atoms with Gasteiger partial charge in [-0.1, -0.05) is 12.1 Å². The molecule has 0 aliphatic heterocycles. The average molecular weight is 298 g/mol. The van der Waals surface area contributed by atoms with Crippen molar-refractivity contribution in [2.75, 3.05) is 20.1 Å². The predicted octanol–water partition coefficient (Wildman–Crippen LogP) is 1.45. The molecule has 5 nitrogen and oxygen atoms in total. The van der Waals surface area contributed by atoms with Crippen molar-refractivity contribution in [2.24, 2.45) is 0 Å². The lowest BCUT2D eigenvalue weighted by Gasteiger charge is -2.15. The molecule has 112 valence electrons. The molecular weight excluding hydrogens is 276 g/mol. The van der Waals surface area contributed by atoms with Crippen LogP contribution in [0.4, 0.5) is 0 Å². The van der Waals surface area contributed by atoms with Gasteiger partial charge in [0.05, 0.1) is 4.90 Å². The van der Waals surface area contributed by atoms with E-state index in [0.717, 1.165) is 5.56 Å². The molecule has 0 bridgehead atoms. The number of sulfonamides is 1. The van der Waals surface area contributed by atoms with Crippen molar-refractivity contribution in [1.82, 2.24) is 9.62 Å². The van der Waals surface area contributed by atoms with E-state index in [1.165, 1.54) is 0 Å². The first-order valence-electron chi connectivity index (χ1n) is 6.59. The minimum Gasteiger partial charge on any atom is -0.346 e. The number of hydrogen-bond donors (Lipinski definition) is 1. The number of carbonyl (C=O) groups excluding carboxylic acids is 1. The van der Waals surface area contributed by atoms with E-state index in [1.807, 2.05) is 19.9 Å². The quantitative estimate of drug-likeness (QED) is 0.864. The molecule has 1 N–H and O–H groups in total. The zero-order chi connectivity index (χ0) is 15.3. The number of rotatable bonds is 6. The van der Waals surface area contributed by atoms with Gasteiger partial charge in [-0.15, -0.1) is 0 Å². The largest absolute Gasteiger partial charge is 0.346 e. The summed E-state index contributed by atoms with van der Waals surface area (Å²) in [5.41, 5.74) is 1.58. The molecule has 1 rings (SSSR count). The number of nitrogens with zero attached hydrogens (tertiary/aromatic N) is 1. The second-order valence-electron chi connectivity index (χ2n) is 4.82. The van der Waals surface area contributed by atoms with Crippen LogP contribution in [0.25, 0.3) is 0 Å². The lowest BCUT2D eigenvalue weighted by Crippen LogP contribution is -2.32. The van der Waals surface area contributed by atoms with Crippen LogP contribution < -0.4 is 4.72 Å². The second-order valence-corrected chi connectivity index (χ2v) is 6.56. The van der Waals surface area contributed by atoms with Crippen molar-refractivity contribution in [1.29, 1.82) is 0 Å². The second kappa shape index (κ2) is 6.85. The van der Waals surface area contributed by atoms with Gasteiger partial charge >= 0.3 is 0 Å². The summed E-state index contributed by atoms with van der Waals surface area (Å²) in [6.07, 6.45) is 0.161. The Hall–Kier alpha value is -1.40.